The van der Waals surface area contributed by atoms with Crippen molar-refractivity contribution in [2.24, 2.45) is 0 Å². The second-order valence-electron chi connectivity index (χ2n) is 4.26. The summed E-state index contributed by atoms with van der Waals surface area (Å²) in [4.78, 5) is 3.86. The number of para-hydroxylation sites is 1. The highest BCUT2D eigenvalue weighted by molar-refractivity contribution is 7.90. The van der Waals surface area contributed by atoms with Gasteiger partial charge in [0.1, 0.15) is 5.75 Å². The van der Waals surface area contributed by atoms with Gasteiger partial charge in [-0.3, -0.25) is 0 Å². The first-order valence-electron chi connectivity index (χ1n) is 5.74. The third-order valence-corrected chi connectivity index (χ3v) is 3.98. The molecule has 5 nitrogen and oxygen atoms in total. The number of halogens is 1. The summed E-state index contributed by atoms with van der Waals surface area (Å²) < 4.78 is 22.6. The van der Waals surface area contributed by atoms with Gasteiger partial charge in [-0.15, -0.1) is 0 Å². The van der Waals surface area contributed by atoms with Crippen LogP contribution in [0.1, 0.15) is 5.56 Å². The van der Waals surface area contributed by atoms with Gasteiger partial charge in [0, 0.05) is 18.4 Å². The molecule has 20 heavy (non-hydrogen) atoms. The fourth-order valence-electron chi connectivity index (χ4n) is 1.60. The van der Waals surface area contributed by atoms with E-state index < -0.39 is 9.84 Å². The Morgan fingerprint density at radius 1 is 1.30 bits per heavy atom. The Hall–Kier alpha value is -1.79. The molecule has 2 N–H and O–H groups in total. The van der Waals surface area contributed by atoms with Crippen LogP contribution in [0.4, 0.5) is 5.69 Å². The van der Waals surface area contributed by atoms with Crippen LogP contribution in [0, 0.1) is 0 Å². The number of aromatic hydroxyl groups is 1. The largest absolute Gasteiger partial charge is 0.506 e. The van der Waals surface area contributed by atoms with E-state index in [1.807, 2.05) is 0 Å². The Morgan fingerprint density at radius 3 is 2.65 bits per heavy atom. The van der Waals surface area contributed by atoms with Gasteiger partial charge < -0.3 is 10.4 Å². The van der Waals surface area contributed by atoms with Crippen molar-refractivity contribution in [2.45, 2.75) is 11.6 Å². The molecule has 0 fully saturated rings. The molecule has 2 rings (SSSR count). The van der Waals surface area contributed by atoms with Gasteiger partial charge in [-0.25, -0.2) is 13.4 Å². The van der Waals surface area contributed by atoms with Gasteiger partial charge in [0.25, 0.3) is 0 Å². The Balaban J connectivity index is 2.10. The van der Waals surface area contributed by atoms with Crippen LogP contribution >= 0.6 is 11.6 Å². The highest BCUT2D eigenvalue weighted by Gasteiger charge is 2.08. The Morgan fingerprint density at radius 2 is 2.05 bits per heavy atom. The molecule has 0 spiro atoms. The highest BCUT2D eigenvalue weighted by Crippen LogP contribution is 2.27. The maximum atomic E-state index is 11.3. The predicted octanol–water partition coefficient (Wildman–Crippen LogP) is 2.46. The SMILES string of the molecule is CS(=O)(=O)c1ccc(NCc2cccc(Cl)c2O)cn1. The molecule has 1 aromatic carbocycles. The van der Waals surface area contributed by atoms with Crippen LogP contribution in [0.3, 0.4) is 0 Å². The van der Waals surface area contributed by atoms with Crippen molar-refractivity contribution in [3.63, 3.8) is 0 Å². The minimum absolute atomic E-state index is 0.0219. The fraction of sp³-hybridized carbons (Fsp3) is 0.154. The van der Waals surface area contributed by atoms with Crippen LogP contribution in [0.25, 0.3) is 0 Å². The predicted molar refractivity (Wildman–Crippen MR) is 77.8 cm³/mol. The standard InChI is InChI=1S/C13H13ClN2O3S/c1-20(18,19)12-6-5-10(8-16-12)15-7-9-3-2-4-11(14)13(9)17/h2-6,8,15,17H,7H2,1H3. The van der Waals surface area contributed by atoms with Crippen molar-refractivity contribution in [1.29, 1.82) is 0 Å². The number of pyridine rings is 1. The zero-order valence-corrected chi connectivity index (χ0v) is 12.2. The normalized spacial score (nSPS) is 11.3. The van der Waals surface area contributed by atoms with Crippen molar-refractivity contribution in [1.82, 2.24) is 4.98 Å². The van der Waals surface area contributed by atoms with E-state index in [1.54, 1.807) is 24.3 Å². The van der Waals surface area contributed by atoms with E-state index in [-0.39, 0.29) is 15.8 Å². The summed E-state index contributed by atoms with van der Waals surface area (Å²) in [5.74, 6) is 0.0300. The third-order valence-electron chi connectivity index (χ3n) is 2.67. The average molecular weight is 313 g/mol. The maximum absolute atomic E-state index is 11.3. The number of anilines is 1. The van der Waals surface area contributed by atoms with Gasteiger partial charge in [-0.2, -0.15) is 0 Å². The minimum Gasteiger partial charge on any atom is -0.506 e. The van der Waals surface area contributed by atoms with E-state index >= 15 is 0 Å². The number of hydrogen-bond donors (Lipinski definition) is 2. The van der Waals surface area contributed by atoms with Crippen molar-refractivity contribution < 1.29 is 13.5 Å². The maximum Gasteiger partial charge on any atom is 0.192 e. The number of aromatic nitrogens is 1. The lowest BCUT2D eigenvalue weighted by atomic mass is 10.2. The van der Waals surface area contributed by atoms with Crippen LogP contribution in [0.2, 0.25) is 5.02 Å². The van der Waals surface area contributed by atoms with Gasteiger partial charge in [0.15, 0.2) is 14.9 Å². The smallest absolute Gasteiger partial charge is 0.192 e. The lowest BCUT2D eigenvalue weighted by Gasteiger charge is -2.09. The Bertz CT molecular complexity index is 715. The quantitative estimate of drug-likeness (QED) is 0.906. The van der Waals surface area contributed by atoms with Gasteiger partial charge >= 0.3 is 0 Å². The van der Waals surface area contributed by atoms with E-state index in [0.717, 1.165) is 6.26 Å². The first-order chi connectivity index (χ1) is 9.38. The summed E-state index contributed by atoms with van der Waals surface area (Å²) >= 11 is 5.81. The molecule has 106 valence electrons. The molecule has 0 radical (unpaired) electrons. The monoisotopic (exact) mass is 312 g/mol. The highest BCUT2D eigenvalue weighted by atomic mass is 35.5. The van der Waals surface area contributed by atoms with Crippen LogP contribution in [-0.2, 0) is 16.4 Å². The third kappa shape index (κ3) is 3.40. The van der Waals surface area contributed by atoms with Crippen molar-refractivity contribution in [3.05, 3.63) is 47.1 Å². The van der Waals surface area contributed by atoms with Gasteiger partial charge in [0.2, 0.25) is 0 Å². The summed E-state index contributed by atoms with van der Waals surface area (Å²) in [6.07, 6.45) is 2.53. The molecular formula is C13H13ClN2O3S. The lowest BCUT2D eigenvalue weighted by molar-refractivity contribution is 0.469. The molecule has 0 aliphatic carbocycles. The van der Waals surface area contributed by atoms with Crippen LogP contribution in [0.15, 0.2) is 41.6 Å². The molecule has 0 saturated carbocycles. The first kappa shape index (κ1) is 14.6. The number of hydrogen-bond acceptors (Lipinski definition) is 5. The number of phenols is 1. The zero-order valence-electron chi connectivity index (χ0n) is 10.7. The molecule has 0 bridgehead atoms. The van der Waals surface area contributed by atoms with Gasteiger partial charge in [-0.1, -0.05) is 23.7 Å². The topological polar surface area (TPSA) is 79.3 Å². The van der Waals surface area contributed by atoms with E-state index in [2.05, 4.69) is 10.3 Å². The Labute approximate surface area is 122 Å². The van der Waals surface area contributed by atoms with Crippen LogP contribution < -0.4 is 5.32 Å². The molecule has 0 saturated heterocycles. The summed E-state index contributed by atoms with van der Waals surface area (Å²) in [5, 5.41) is 13.1. The van der Waals surface area contributed by atoms with E-state index in [1.165, 1.54) is 12.3 Å². The number of sulfone groups is 1. The molecular weight excluding hydrogens is 300 g/mol. The van der Waals surface area contributed by atoms with E-state index in [0.29, 0.717) is 17.8 Å². The Kier molecular flexibility index (Phi) is 4.15. The van der Waals surface area contributed by atoms with Crippen molar-refractivity contribution >= 4 is 27.1 Å². The first-order valence-corrected chi connectivity index (χ1v) is 8.01. The van der Waals surface area contributed by atoms with Crippen molar-refractivity contribution in [3.8, 4) is 5.75 Å². The van der Waals surface area contributed by atoms with E-state index in [9.17, 15) is 13.5 Å². The number of phenolic OH excluding ortho intramolecular Hbond substituents is 1. The summed E-state index contributed by atoms with van der Waals surface area (Å²) in [6.45, 7) is 0.353. The molecule has 0 amide bonds. The molecule has 1 heterocycles. The lowest BCUT2D eigenvalue weighted by Crippen LogP contribution is -2.03. The summed E-state index contributed by atoms with van der Waals surface area (Å²) in [6, 6.07) is 8.12. The molecule has 2 aromatic rings. The zero-order chi connectivity index (χ0) is 14.8. The van der Waals surface area contributed by atoms with Gasteiger partial charge in [-0.05, 0) is 18.2 Å². The second-order valence-corrected chi connectivity index (χ2v) is 6.63. The number of benzene rings is 1. The summed E-state index contributed by atoms with van der Waals surface area (Å²) in [7, 11) is -3.30. The fourth-order valence-corrected chi connectivity index (χ4v) is 2.36. The van der Waals surface area contributed by atoms with Crippen LogP contribution in [-0.4, -0.2) is 24.8 Å². The minimum atomic E-state index is -3.30. The average Bonchev–Trinajstić information content (AvgIpc) is 2.40. The number of nitrogens with zero attached hydrogens (tertiary/aromatic N) is 1. The van der Waals surface area contributed by atoms with E-state index in [4.69, 9.17) is 11.6 Å². The number of rotatable bonds is 4. The molecule has 0 unspecified atom stereocenters. The molecule has 0 atom stereocenters. The molecule has 7 heteroatoms. The molecule has 1 aromatic heterocycles. The number of nitrogens with one attached hydrogen (secondary N) is 1. The van der Waals surface area contributed by atoms with Gasteiger partial charge in [0.05, 0.1) is 16.9 Å². The van der Waals surface area contributed by atoms with Crippen molar-refractivity contribution in [2.75, 3.05) is 11.6 Å². The molecule has 0 aliphatic heterocycles. The summed E-state index contributed by atoms with van der Waals surface area (Å²) in [5.41, 5.74) is 1.29. The molecule has 0 aliphatic rings. The second kappa shape index (κ2) is 5.68. The van der Waals surface area contributed by atoms with Crippen LogP contribution in [0.5, 0.6) is 5.75 Å².